The van der Waals surface area contributed by atoms with Crippen molar-refractivity contribution in [3.05, 3.63) is 0 Å². The Morgan fingerprint density at radius 1 is 0.929 bits per heavy atom. The van der Waals surface area contributed by atoms with Crippen molar-refractivity contribution >= 4 is 5.97 Å². The van der Waals surface area contributed by atoms with Crippen molar-refractivity contribution in [3.63, 3.8) is 0 Å². The molecule has 0 radical (unpaired) electrons. The fourth-order valence-electron chi connectivity index (χ4n) is 5.18. The summed E-state index contributed by atoms with van der Waals surface area (Å²) in [6.45, 7) is 4.49. The van der Waals surface area contributed by atoms with E-state index in [1.165, 1.54) is 57.8 Å². The van der Waals surface area contributed by atoms with Crippen molar-refractivity contribution in [1.29, 1.82) is 5.26 Å². The van der Waals surface area contributed by atoms with E-state index >= 15 is 0 Å². The van der Waals surface area contributed by atoms with Crippen LogP contribution in [0.4, 0.5) is 0 Å². The molecule has 3 heteroatoms. The highest BCUT2D eigenvalue weighted by atomic mass is 16.5. The van der Waals surface area contributed by atoms with Gasteiger partial charge in [-0.15, -0.1) is 0 Å². The average Bonchev–Trinajstić information content (AvgIpc) is 2.73. The highest BCUT2D eigenvalue weighted by Crippen LogP contribution is 2.43. The van der Waals surface area contributed by atoms with Crippen LogP contribution in [0.3, 0.4) is 0 Å². The normalized spacial score (nSPS) is 30.5. The van der Waals surface area contributed by atoms with Crippen molar-refractivity contribution in [2.24, 2.45) is 17.3 Å². The number of carbonyl (C=O) groups is 1. The Hall–Kier alpha value is -1.04. The lowest BCUT2D eigenvalue weighted by Crippen LogP contribution is -2.33. The highest BCUT2D eigenvalue weighted by molar-refractivity contribution is 5.72. The van der Waals surface area contributed by atoms with Gasteiger partial charge in [-0.05, 0) is 63.7 Å². The second-order valence-electron chi connectivity index (χ2n) is 9.55. The summed E-state index contributed by atoms with van der Waals surface area (Å²) in [7, 11) is 0. The Balaban J connectivity index is 1.67. The number of rotatable bonds is 11. The second kappa shape index (κ2) is 12.5. The van der Waals surface area contributed by atoms with Crippen LogP contribution in [0, 0.1) is 28.6 Å². The van der Waals surface area contributed by atoms with Crippen molar-refractivity contribution in [2.75, 3.05) is 0 Å². The molecule has 2 rings (SSSR count). The van der Waals surface area contributed by atoms with Crippen LogP contribution in [-0.2, 0) is 9.53 Å². The summed E-state index contributed by atoms with van der Waals surface area (Å²) in [6, 6.07) is 2.62. The molecular formula is C25H43NO2. The number of carbonyl (C=O) groups excluding carboxylic acids is 1. The van der Waals surface area contributed by atoms with Gasteiger partial charge in [-0.2, -0.15) is 5.26 Å². The third-order valence-corrected chi connectivity index (χ3v) is 7.31. The van der Waals surface area contributed by atoms with E-state index in [4.69, 9.17) is 4.74 Å². The lowest BCUT2D eigenvalue weighted by molar-refractivity contribution is -0.157. The van der Waals surface area contributed by atoms with Crippen molar-refractivity contribution < 1.29 is 9.53 Å². The van der Waals surface area contributed by atoms with Gasteiger partial charge in [0.1, 0.15) is 6.10 Å². The van der Waals surface area contributed by atoms with Crippen LogP contribution in [0.5, 0.6) is 0 Å². The molecule has 28 heavy (non-hydrogen) atoms. The number of ether oxygens (including phenoxy) is 1. The lowest BCUT2D eigenvalue weighted by Gasteiger charge is -2.35. The molecule has 0 aliphatic heterocycles. The molecule has 0 amide bonds. The smallest absolute Gasteiger partial charge is 0.309 e. The van der Waals surface area contributed by atoms with Crippen molar-refractivity contribution in [3.8, 4) is 6.07 Å². The minimum Gasteiger partial charge on any atom is -0.462 e. The van der Waals surface area contributed by atoms with Gasteiger partial charge < -0.3 is 4.74 Å². The standard InChI is InChI=1S/C25H43NO2/c1-3-5-7-8-9-17-25(20-26)18-15-22(16-19-25)24(27)28-23-13-11-21(12-14-23)10-6-4-2/h21-23H,3-19H2,1-2H3. The highest BCUT2D eigenvalue weighted by Gasteiger charge is 2.38. The van der Waals surface area contributed by atoms with E-state index in [-0.39, 0.29) is 23.4 Å². The molecule has 0 aromatic carbocycles. The van der Waals surface area contributed by atoms with Crippen LogP contribution in [-0.4, -0.2) is 12.1 Å². The maximum atomic E-state index is 12.6. The SMILES string of the molecule is CCCCCCCC1(C#N)CCC(C(=O)OC2CCC(CCCC)CC2)CC1. The molecule has 0 bridgehead atoms. The van der Waals surface area contributed by atoms with Crippen LogP contribution in [0.15, 0.2) is 0 Å². The van der Waals surface area contributed by atoms with Gasteiger partial charge in [0.25, 0.3) is 0 Å². The third kappa shape index (κ3) is 7.41. The molecule has 2 saturated carbocycles. The Morgan fingerprint density at radius 3 is 2.18 bits per heavy atom. The zero-order chi connectivity index (χ0) is 20.2. The molecule has 160 valence electrons. The molecule has 2 aliphatic rings. The van der Waals surface area contributed by atoms with Crippen LogP contribution in [0.2, 0.25) is 0 Å². The number of esters is 1. The molecule has 0 unspecified atom stereocenters. The maximum absolute atomic E-state index is 12.6. The summed E-state index contributed by atoms with van der Waals surface area (Å²) < 4.78 is 5.89. The number of hydrogen-bond acceptors (Lipinski definition) is 3. The number of unbranched alkanes of at least 4 members (excludes halogenated alkanes) is 5. The largest absolute Gasteiger partial charge is 0.462 e. The molecule has 2 fully saturated rings. The van der Waals surface area contributed by atoms with Gasteiger partial charge in [0, 0.05) is 0 Å². The van der Waals surface area contributed by atoms with Gasteiger partial charge in [0.2, 0.25) is 0 Å². The predicted octanol–water partition coefficient (Wildman–Crippen LogP) is 7.34. The molecule has 3 nitrogen and oxygen atoms in total. The van der Waals surface area contributed by atoms with Gasteiger partial charge in [0.15, 0.2) is 0 Å². The minimum atomic E-state index is -0.180. The van der Waals surface area contributed by atoms with Gasteiger partial charge in [-0.3, -0.25) is 4.79 Å². The van der Waals surface area contributed by atoms with E-state index in [0.29, 0.717) is 0 Å². The molecule has 0 spiro atoms. The molecule has 0 atom stereocenters. The summed E-state index contributed by atoms with van der Waals surface area (Å²) in [4.78, 5) is 12.6. The Morgan fingerprint density at radius 2 is 1.57 bits per heavy atom. The minimum absolute atomic E-state index is 0.0199. The summed E-state index contributed by atoms with van der Waals surface area (Å²) in [5.74, 6) is 0.893. The van der Waals surface area contributed by atoms with Crippen LogP contribution < -0.4 is 0 Å². The van der Waals surface area contributed by atoms with Gasteiger partial charge in [-0.1, -0.05) is 65.2 Å². The van der Waals surface area contributed by atoms with Crippen LogP contribution in [0.1, 0.15) is 123 Å². The van der Waals surface area contributed by atoms with E-state index in [9.17, 15) is 10.1 Å². The first-order valence-electron chi connectivity index (χ1n) is 12.2. The topological polar surface area (TPSA) is 50.1 Å². The first-order chi connectivity index (χ1) is 13.6. The zero-order valence-corrected chi connectivity index (χ0v) is 18.5. The summed E-state index contributed by atoms with van der Waals surface area (Å²) in [5, 5.41) is 9.75. The number of hydrogen-bond donors (Lipinski definition) is 0. The Kier molecular flexibility index (Phi) is 10.4. The quantitative estimate of drug-likeness (QED) is 0.274. The Labute approximate surface area is 173 Å². The molecule has 0 heterocycles. The summed E-state index contributed by atoms with van der Waals surface area (Å²) in [5.41, 5.74) is -0.180. The number of nitriles is 1. The molecule has 0 aromatic heterocycles. The van der Waals surface area contributed by atoms with Crippen LogP contribution in [0.25, 0.3) is 0 Å². The van der Waals surface area contributed by atoms with E-state index in [1.807, 2.05) is 0 Å². The van der Waals surface area contributed by atoms with E-state index in [2.05, 4.69) is 19.9 Å². The lowest BCUT2D eigenvalue weighted by atomic mass is 9.69. The first kappa shape index (κ1) is 23.2. The van der Waals surface area contributed by atoms with Crippen molar-refractivity contribution in [2.45, 2.75) is 129 Å². The fraction of sp³-hybridized carbons (Fsp3) is 0.920. The third-order valence-electron chi connectivity index (χ3n) is 7.31. The van der Waals surface area contributed by atoms with Crippen molar-refractivity contribution in [1.82, 2.24) is 0 Å². The van der Waals surface area contributed by atoms with Crippen LogP contribution >= 0.6 is 0 Å². The van der Waals surface area contributed by atoms with E-state index in [1.54, 1.807) is 0 Å². The summed E-state index contributed by atoms with van der Waals surface area (Å²) >= 11 is 0. The monoisotopic (exact) mass is 389 g/mol. The van der Waals surface area contributed by atoms with Gasteiger partial charge in [0.05, 0.1) is 17.4 Å². The number of nitrogens with zero attached hydrogens (tertiary/aromatic N) is 1. The van der Waals surface area contributed by atoms with Gasteiger partial charge >= 0.3 is 5.97 Å². The molecular weight excluding hydrogens is 346 g/mol. The second-order valence-corrected chi connectivity index (χ2v) is 9.55. The Bertz CT molecular complexity index is 479. The zero-order valence-electron chi connectivity index (χ0n) is 18.5. The maximum Gasteiger partial charge on any atom is 0.309 e. The van der Waals surface area contributed by atoms with E-state index < -0.39 is 0 Å². The predicted molar refractivity (Wildman–Crippen MR) is 115 cm³/mol. The average molecular weight is 390 g/mol. The fourth-order valence-corrected chi connectivity index (χ4v) is 5.18. The van der Waals surface area contributed by atoms with E-state index in [0.717, 1.165) is 57.3 Å². The van der Waals surface area contributed by atoms with Gasteiger partial charge in [-0.25, -0.2) is 0 Å². The first-order valence-corrected chi connectivity index (χ1v) is 12.2. The summed E-state index contributed by atoms with van der Waals surface area (Å²) in [6.07, 6.45) is 19.3. The molecule has 0 aromatic rings. The molecule has 0 N–H and O–H groups in total. The molecule has 2 aliphatic carbocycles. The molecule has 0 saturated heterocycles.